The fraction of sp³-hybridized carbons (Fsp3) is 1.00. The van der Waals surface area contributed by atoms with Crippen LogP contribution in [0.1, 0.15) is 19.8 Å². The Morgan fingerprint density at radius 3 is 2.78 bits per heavy atom. The SMILES string of the molecule is C[C@@]1(O)OCCC[C@H]1Cl. The normalized spacial score (nSPS) is 45.0. The number of hydrogen-bond acceptors (Lipinski definition) is 2. The maximum Gasteiger partial charge on any atom is 0.179 e. The maximum atomic E-state index is 9.29. The highest BCUT2D eigenvalue weighted by Gasteiger charge is 2.33. The number of aliphatic hydroxyl groups is 1. The highest BCUT2D eigenvalue weighted by molar-refractivity contribution is 6.21. The van der Waals surface area contributed by atoms with Crippen LogP contribution in [0.4, 0.5) is 0 Å². The summed E-state index contributed by atoms with van der Waals surface area (Å²) in [6.45, 7) is 2.22. The molecule has 0 aromatic rings. The lowest BCUT2D eigenvalue weighted by molar-refractivity contribution is -0.207. The first kappa shape index (κ1) is 7.32. The molecule has 0 aliphatic carbocycles. The van der Waals surface area contributed by atoms with Crippen molar-refractivity contribution in [3.8, 4) is 0 Å². The molecule has 1 N–H and O–H groups in total. The van der Waals surface area contributed by atoms with Crippen molar-refractivity contribution in [2.75, 3.05) is 6.61 Å². The van der Waals surface area contributed by atoms with Crippen LogP contribution < -0.4 is 0 Å². The molecule has 1 fully saturated rings. The second kappa shape index (κ2) is 2.45. The fourth-order valence-electron chi connectivity index (χ4n) is 0.900. The van der Waals surface area contributed by atoms with Gasteiger partial charge in [-0.05, 0) is 19.8 Å². The van der Waals surface area contributed by atoms with E-state index in [-0.39, 0.29) is 5.38 Å². The molecule has 2 atom stereocenters. The molecular weight excluding hydrogens is 140 g/mol. The largest absolute Gasteiger partial charge is 0.364 e. The summed E-state index contributed by atoms with van der Waals surface area (Å²) in [7, 11) is 0. The van der Waals surface area contributed by atoms with Crippen LogP contribution in [0, 0.1) is 0 Å². The highest BCUT2D eigenvalue weighted by Crippen LogP contribution is 2.26. The third-order valence-corrected chi connectivity index (χ3v) is 2.20. The Balaban J connectivity index is 2.49. The van der Waals surface area contributed by atoms with Crippen molar-refractivity contribution in [1.82, 2.24) is 0 Å². The van der Waals surface area contributed by atoms with E-state index in [0.29, 0.717) is 6.61 Å². The molecule has 0 saturated carbocycles. The molecule has 54 valence electrons. The van der Waals surface area contributed by atoms with Gasteiger partial charge in [0.1, 0.15) is 0 Å². The third-order valence-electron chi connectivity index (χ3n) is 1.58. The lowest BCUT2D eigenvalue weighted by Crippen LogP contribution is -2.42. The summed E-state index contributed by atoms with van der Waals surface area (Å²) >= 11 is 5.73. The zero-order valence-electron chi connectivity index (χ0n) is 5.43. The lowest BCUT2D eigenvalue weighted by atomic mass is 10.1. The molecule has 0 radical (unpaired) electrons. The first-order valence-corrected chi connectivity index (χ1v) is 3.57. The standard InChI is InChI=1S/C6H11ClO2/c1-6(8)5(7)3-2-4-9-6/h5,8H,2-4H2,1H3/t5-,6-/m1/s1. The van der Waals surface area contributed by atoms with Crippen LogP contribution in [0.5, 0.6) is 0 Å². The minimum atomic E-state index is -1.10. The third kappa shape index (κ3) is 1.57. The minimum absolute atomic E-state index is 0.244. The van der Waals surface area contributed by atoms with Crippen molar-refractivity contribution in [1.29, 1.82) is 0 Å². The summed E-state index contributed by atoms with van der Waals surface area (Å²) in [5.41, 5.74) is 0. The quantitative estimate of drug-likeness (QED) is 0.525. The Morgan fingerprint density at radius 2 is 2.44 bits per heavy atom. The molecule has 3 heteroatoms. The van der Waals surface area contributed by atoms with E-state index in [0.717, 1.165) is 12.8 Å². The molecule has 2 nitrogen and oxygen atoms in total. The van der Waals surface area contributed by atoms with E-state index in [9.17, 15) is 5.11 Å². The summed E-state index contributed by atoms with van der Waals surface area (Å²) in [6, 6.07) is 0. The van der Waals surface area contributed by atoms with E-state index in [4.69, 9.17) is 16.3 Å². The Labute approximate surface area is 59.8 Å². The van der Waals surface area contributed by atoms with Gasteiger partial charge in [-0.25, -0.2) is 0 Å². The maximum absolute atomic E-state index is 9.29. The first-order chi connectivity index (χ1) is 4.13. The predicted molar refractivity (Wildman–Crippen MR) is 35.5 cm³/mol. The predicted octanol–water partition coefficient (Wildman–Crippen LogP) is 1.11. The lowest BCUT2D eigenvalue weighted by Gasteiger charge is -2.32. The fourth-order valence-corrected chi connectivity index (χ4v) is 1.12. The van der Waals surface area contributed by atoms with Gasteiger partial charge in [0.2, 0.25) is 0 Å². The summed E-state index contributed by atoms with van der Waals surface area (Å²) in [4.78, 5) is 0. The van der Waals surface area contributed by atoms with Crippen molar-refractivity contribution in [3.05, 3.63) is 0 Å². The Bertz CT molecular complexity index is 103. The average Bonchev–Trinajstić information content (AvgIpc) is 1.77. The number of hydrogen-bond donors (Lipinski definition) is 1. The first-order valence-electron chi connectivity index (χ1n) is 3.13. The topological polar surface area (TPSA) is 29.5 Å². The van der Waals surface area contributed by atoms with Gasteiger partial charge in [-0.3, -0.25) is 0 Å². The van der Waals surface area contributed by atoms with Gasteiger partial charge in [-0.2, -0.15) is 0 Å². The van der Waals surface area contributed by atoms with E-state index in [1.807, 2.05) is 0 Å². The van der Waals surface area contributed by atoms with E-state index < -0.39 is 5.79 Å². The molecule has 0 aromatic heterocycles. The Hall–Kier alpha value is 0.210. The molecule has 1 rings (SSSR count). The number of halogens is 1. The summed E-state index contributed by atoms with van der Waals surface area (Å²) in [6.07, 6.45) is 1.79. The molecule has 0 unspecified atom stereocenters. The smallest absolute Gasteiger partial charge is 0.179 e. The van der Waals surface area contributed by atoms with Crippen LogP contribution in [0.2, 0.25) is 0 Å². The molecular formula is C6H11ClO2. The van der Waals surface area contributed by atoms with Gasteiger partial charge >= 0.3 is 0 Å². The van der Waals surface area contributed by atoms with Crippen LogP contribution in [0.15, 0.2) is 0 Å². The van der Waals surface area contributed by atoms with Crippen LogP contribution in [-0.4, -0.2) is 22.9 Å². The average molecular weight is 151 g/mol. The number of alkyl halides is 1. The Morgan fingerprint density at radius 1 is 1.78 bits per heavy atom. The van der Waals surface area contributed by atoms with E-state index in [1.165, 1.54) is 0 Å². The number of ether oxygens (including phenoxy) is 1. The zero-order chi connectivity index (χ0) is 6.91. The van der Waals surface area contributed by atoms with Crippen molar-refractivity contribution in [3.63, 3.8) is 0 Å². The monoisotopic (exact) mass is 150 g/mol. The molecule has 0 spiro atoms. The summed E-state index contributed by atoms with van der Waals surface area (Å²) < 4.78 is 5.00. The van der Waals surface area contributed by atoms with Crippen molar-refractivity contribution >= 4 is 11.6 Å². The van der Waals surface area contributed by atoms with Gasteiger partial charge in [-0.1, -0.05) is 0 Å². The van der Waals surface area contributed by atoms with E-state index in [2.05, 4.69) is 0 Å². The second-order valence-corrected chi connectivity index (χ2v) is 3.04. The molecule has 1 aliphatic rings. The zero-order valence-corrected chi connectivity index (χ0v) is 6.19. The molecule has 0 bridgehead atoms. The second-order valence-electron chi connectivity index (χ2n) is 2.51. The van der Waals surface area contributed by atoms with Crippen LogP contribution >= 0.6 is 11.6 Å². The van der Waals surface area contributed by atoms with Gasteiger partial charge < -0.3 is 9.84 Å². The van der Waals surface area contributed by atoms with Crippen LogP contribution in [0.3, 0.4) is 0 Å². The van der Waals surface area contributed by atoms with Crippen molar-refractivity contribution in [2.24, 2.45) is 0 Å². The molecule has 1 aliphatic heterocycles. The molecule has 9 heavy (non-hydrogen) atoms. The van der Waals surface area contributed by atoms with Crippen molar-refractivity contribution < 1.29 is 9.84 Å². The minimum Gasteiger partial charge on any atom is -0.364 e. The van der Waals surface area contributed by atoms with Gasteiger partial charge in [-0.15, -0.1) is 11.6 Å². The van der Waals surface area contributed by atoms with E-state index >= 15 is 0 Å². The summed E-state index contributed by atoms with van der Waals surface area (Å²) in [5, 5.41) is 9.04. The molecule has 0 amide bonds. The highest BCUT2D eigenvalue weighted by atomic mass is 35.5. The van der Waals surface area contributed by atoms with Gasteiger partial charge in [0, 0.05) is 0 Å². The molecule has 1 saturated heterocycles. The Kier molecular flexibility index (Phi) is 1.99. The number of rotatable bonds is 0. The molecule has 1 heterocycles. The van der Waals surface area contributed by atoms with Crippen LogP contribution in [0.25, 0.3) is 0 Å². The summed E-state index contributed by atoms with van der Waals surface area (Å²) in [5.74, 6) is -1.10. The van der Waals surface area contributed by atoms with Crippen molar-refractivity contribution in [2.45, 2.75) is 30.9 Å². The van der Waals surface area contributed by atoms with Gasteiger partial charge in [0.25, 0.3) is 0 Å². The van der Waals surface area contributed by atoms with Gasteiger partial charge in [0.15, 0.2) is 5.79 Å². The van der Waals surface area contributed by atoms with Crippen LogP contribution in [-0.2, 0) is 4.74 Å². The molecule has 0 aromatic carbocycles. The van der Waals surface area contributed by atoms with Gasteiger partial charge in [0.05, 0.1) is 12.0 Å². The van der Waals surface area contributed by atoms with E-state index in [1.54, 1.807) is 6.92 Å².